The molecule has 10 heteroatoms. The van der Waals surface area contributed by atoms with Crippen LogP contribution in [0, 0.1) is 0 Å². The second kappa shape index (κ2) is 4.89. The van der Waals surface area contributed by atoms with Crippen molar-refractivity contribution in [2.45, 2.75) is 6.04 Å². The Labute approximate surface area is 119 Å². The summed E-state index contributed by atoms with van der Waals surface area (Å²) in [5.74, 6) is -1.12. The summed E-state index contributed by atoms with van der Waals surface area (Å²) in [4.78, 5) is 24.3. The maximum atomic E-state index is 11.9. The van der Waals surface area contributed by atoms with Gasteiger partial charge in [0.1, 0.15) is 0 Å². The predicted octanol–water partition coefficient (Wildman–Crippen LogP) is -0.201. The number of hydrogen-bond acceptors (Lipinski definition) is 5. The van der Waals surface area contributed by atoms with Gasteiger partial charge in [0.25, 0.3) is 0 Å². The van der Waals surface area contributed by atoms with Gasteiger partial charge >= 0.3 is 12.0 Å². The Bertz CT molecular complexity index is 686. The molecule has 2 amide bonds. The summed E-state index contributed by atoms with van der Waals surface area (Å²) in [7, 11) is 1.76. The quantitative estimate of drug-likeness (QED) is 0.808. The molecule has 1 fully saturated rings. The van der Waals surface area contributed by atoms with Gasteiger partial charge in [-0.25, -0.2) is 14.3 Å². The molecule has 3 heterocycles. The number of aryl methyl sites for hydroxylation is 1. The zero-order valence-corrected chi connectivity index (χ0v) is 11.2. The van der Waals surface area contributed by atoms with Crippen molar-refractivity contribution in [1.29, 1.82) is 0 Å². The van der Waals surface area contributed by atoms with Gasteiger partial charge in [-0.05, 0) is 0 Å². The Morgan fingerprint density at radius 1 is 1.38 bits per heavy atom. The van der Waals surface area contributed by atoms with E-state index in [1.807, 2.05) is 0 Å². The number of carbonyl (C=O) groups excluding carboxylic acids is 1. The van der Waals surface area contributed by atoms with Gasteiger partial charge in [0, 0.05) is 26.3 Å². The number of rotatable bonds is 3. The van der Waals surface area contributed by atoms with Gasteiger partial charge in [-0.1, -0.05) is 5.21 Å². The minimum absolute atomic E-state index is 0.0507. The monoisotopic (exact) mass is 291 g/mol. The lowest BCUT2D eigenvalue weighted by Crippen LogP contribution is -2.52. The topological polar surface area (TPSA) is 118 Å². The van der Waals surface area contributed by atoms with Gasteiger partial charge in [0.2, 0.25) is 0 Å². The van der Waals surface area contributed by atoms with Gasteiger partial charge in [-0.15, -0.1) is 5.10 Å². The summed E-state index contributed by atoms with van der Waals surface area (Å²) in [5.41, 5.74) is 0.521. The second-order valence-corrected chi connectivity index (χ2v) is 4.78. The number of likely N-dealkylation sites (tertiary alicyclic amines) is 1. The number of nitrogens with zero attached hydrogens (tertiary/aromatic N) is 6. The van der Waals surface area contributed by atoms with Crippen LogP contribution < -0.4 is 5.32 Å². The van der Waals surface area contributed by atoms with Gasteiger partial charge in [-0.2, -0.15) is 5.10 Å². The third kappa shape index (κ3) is 2.55. The number of urea groups is 1. The van der Waals surface area contributed by atoms with Crippen LogP contribution in [0.1, 0.15) is 16.5 Å². The molecule has 2 N–H and O–H groups in total. The zero-order valence-electron chi connectivity index (χ0n) is 11.2. The standard InChI is InChI=1S/C11H13N7O3/c1-16-3-7(2-12-16)13-11(21)17-4-8(5-17)18-6-9(10(19)20)14-15-18/h2-3,6,8H,4-5H2,1H3,(H,13,21)(H,19,20). The molecule has 3 rings (SSSR count). The SMILES string of the molecule is Cn1cc(NC(=O)N2CC(n3cc(C(=O)O)nn3)C2)cn1. The molecular formula is C11H13N7O3. The van der Waals surface area contributed by atoms with E-state index in [0.717, 1.165) is 0 Å². The first-order chi connectivity index (χ1) is 10.0. The molecule has 21 heavy (non-hydrogen) atoms. The fourth-order valence-electron chi connectivity index (χ4n) is 2.03. The summed E-state index contributed by atoms with van der Waals surface area (Å²) >= 11 is 0. The highest BCUT2D eigenvalue weighted by Gasteiger charge is 2.33. The van der Waals surface area contributed by atoms with Crippen LogP contribution in [0.2, 0.25) is 0 Å². The minimum atomic E-state index is -1.12. The van der Waals surface area contributed by atoms with Crippen molar-refractivity contribution >= 4 is 17.7 Å². The van der Waals surface area contributed by atoms with Crippen molar-refractivity contribution in [2.24, 2.45) is 7.05 Å². The van der Waals surface area contributed by atoms with Crippen molar-refractivity contribution in [3.63, 3.8) is 0 Å². The highest BCUT2D eigenvalue weighted by Crippen LogP contribution is 2.21. The summed E-state index contributed by atoms with van der Waals surface area (Å²) in [6.07, 6.45) is 4.63. The highest BCUT2D eigenvalue weighted by molar-refractivity contribution is 5.89. The molecule has 0 unspecified atom stereocenters. The fourth-order valence-corrected chi connectivity index (χ4v) is 2.03. The number of amides is 2. The van der Waals surface area contributed by atoms with Crippen LogP contribution in [0.5, 0.6) is 0 Å². The van der Waals surface area contributed by atoms with Crippen molar-refractivity contribution in [2.75, 3.05) is 18.4 Å². The Balaban J connectivity index is 1.55. The largest absolute Gasteiger partial charge is 0.476 e. The lowest BCUT2D eigenvalue weighted by atomic mass is 10.1. The normalized spacial score (nSPS) is 14.8. The van der Waals surface area contributed by atoms with Crippen molar-refractivity contribution < 1.29 is 14.7 Å². The number of nitrogens with one attached hydrogen (secondary N) is 1. The summed E-state index contributed by atoms with van der Waals surface area (Å²) < 4.78 is 3.06. The number of hydrogen-bond donors (Lipinski definition) is 2. The Morgan fingerprint density at radius 2 is 2.14 bits per heavy atom. The van der Waals surface area contributed by atoms with E-state index in [0.29, 0.717) is 18.8 Å². The summed E-state index contributed by atoms with van der Waals surface area (Å²) in [6.45, 7) is 0.906. The van der Waals surface area contributed by atoms with E-state index in [-0.39, 0.29) is 17.8 Å². The van der Waals surface area contributed by atoms with E-state index >= 15 is 0 Å². The molecule has 1 aliphatic heterocycles. The zero-order chi connectivity index (χ0) is 15.0. The van der Waals surface area contributed by atoms with Gasteiger partial charge in [-0.3, -0.25) is 4.68 Å². The molecule has 0 radical (unpaired) electrons. The second-order valence-electron chi connectivity index (χ2n) is 4.78. The smallest absolute Gasteiger partial charge is 0.358 e. The molecule has 2 aromatic rings. The number of aromatic nitrogens is 5. The molecule has 1 saturated heterocycles. The van der Waals surface area contributed by atoms with E-state index in [4.69, 9.17) is 5.11 Å². The highest BCUT2D eigenvalue weighted by atomic mass is 16.4. The van der Waals surface area contributed by atoms with E-state index < -0.39 is 5.97 Å². The van der Waals surface area contributed by atoms with E-state index in [1.165, 1.54) is 10.9 Å². The van der Waals surface area contributed by atoms with Gasteiger partial charge < -0.3 is 15.3 Å². The third-order valence-electron chi connectivity index (χ3n) is 3.21. The fraction of sp³-hybridized carbons (Fsp3) is 0.364. The average Bonchev–Trinajstić information content (AvgIpc) is 2.97. The molecule has 10 nitrogen and oxygen atoms in total. The van der Waals surface area contributed by atoms with Crippen molar-refractivity contribution in [3.8, 4) is 0 Å². The lowest BCUT2D eigenvalue weighted by molar-refractivity contribution is 0.0690. The molecular weight excluding hydrogens is 278 g/mol. The van der Waals surface area contributed by atoms with E-state index in [2.05, 4.69) is 20.7 Å². The van der Waals surface area contributed by atoms with Gasteiger partial charge in [0.15, 0.2) is 5.69 Å². The Morgan fingerprint density at radius 3 is 2.71 bits per heavy atom. The maximum absolute atomic E-state index is 11.9. The first-order valence-corrected chi connectivity index (χ1v) is 6.22. The Kier molecular flexibility index (Phi) is 3.05. The Hall–Kier alpha value is -2.91. The van der Waals surface area contributed by atoms with Crippen LogP contribution >= 0.6 is 0 Å². The van der Waals surface area contributed by atoms with E-state index in [1.54, 1.807) is 29.0 Å². The van der Waals surface area contributed by atoms with Crippen LogP contribution in [-0.4, -0.2) is 59.9 Å². The molecule has 0 spiro atoms. The van der Waals surface area contributed by atoms with Crippen molar-refractivity contribution in [3.05, 3.63) is 24.3 Å². The number of carboxylic acid groups (broad SMARTS) is 1. The summed E-state index contributed by atoms with van der Waals surface area (Å²) in [6, 6.07) is -0.275. The third-order valence-corrected chi connectivity index (χ3v) is 3.21. The number of carboxylic acids is 1. The average molecular weight is 291 g/mol. The first-order valence-electron chi connectivity index (χ1n) is 6.22. The van der Waals surface area contributed by atoms with E-state index in [9.17, 15) is 9.59 Å². The number of carbonyl (C=O) groups is 2. The van der Waals surface area contributed by atoms with Crippen LogP contribution in [0.4, 0.5) is 10.5 Å². The van der Waals surface area contributed by atoms with Gasteiger partial charge in [0.05, 0.1) is 24.1 Å². The molecule has 0 aliphatic carbocycles. The van der Waals surface area contributed by atoms with Crippen LogP contribution in [0.15, 0.2) is 18.6 Å². The number of anilines is 1. The summed E-state index contributed by atoms with van der Waals surface area (Å²) in [5, 5.41) is 22.8. The first kappa shape index (κ1) is 13.1. The maximum Gasteiger partial charge on any atom is 0.358 e. The molecule has 0 aromatic carbocycles. The molecule has 0 bridgehead atoms. The molecule has 0 atom stereocenters. The lowest BCUT2D eigenvalue weighted by Gasteiger charge is -2.38. The molecule has 2 aromatic heterocycles. The molecule has 0 saturated carbocycles. The minimum Gasteiger partial charge on any atom is -0.476 e. The van der Waals surface area contributed by atoms with Crippen LogP contribution in [0.25, 0.3) is 0 Å². The number of aromatic carboxylic acids is 1. The van der Waals surface area contributed by atoms with Crippen LogP contribution in [-0.2, 0) is 7.05 Å². The molecule has 1 aliphatic rings. The molecule has 110 valence electrons. The van der Waals surface area contributed by atoms with Crippen LogP contribution in [0.3, 0.4) is 0 Å². The van der Waals surface area contributed by atoms with Crippen molar-refractivity contribution in [1.82, 2.24) is 29.7 Å². The predicted molar refractivity (Wildman–Crippen MR) is 69.8 cm³/mol.